The molecule has 0 bridgehead atoms. The number of nitrogens with zero attached hydrogens (tertiary/aromatic N) is 3. The quantitative estimate of drug-likeness (QED) is 0.536. The van der Waals surface area contributed by atoms with E-state index in [2.05, 4.69) is 27.0 Å². The van der Waals surface area contributed by atoms with Crippen LogP contribution in [0.25, 0.3) is 17.1 Å². The molecule has 0 atom stereocenters. The van der Waals surface area contributed by atoms with E-state index < -0.39 is 0 Å². The number of hydrazone groups is 1. The van der Waals surface area contributed by atoms with Crippen LogP contribution in [0.1, 0.15) is 28.7 Å². The Kier molecular flexibility index (Phi) is 5.66. The number of imidazole rings is 1. The van der Waals surface area contributed by atoms with Gasteiger partial charge in [0.15, 0.2) is 0 Å². The van der Waals surface area contributed by atoms with Crippen LogP contribution in [0.5, 0.6) is 5.75 Å². The molecule has 0 spiro atoms. The van der Waals surface area contributed by atoms with Crippen molar-refractivity contribution in [1.29, 1.82) is 0 Å². The summed E-state index contributed by atoms with van der Waals surface area (Å²) in [5.74, 6) is 1.44. The first-order valence-electron chi connectivity index (χ1n) is 8.74. The summed E-state index contributed by atoms with van der Waals surface area (Å²) in [6.45, 7) is 4.88. The Hall–Kier alpha value is -3.41. The average molecular weight is 362 g/mol. The molecule has 0 radical (unpaired) electrons. The topological polar surface area (TPSA) is 68.5 Å². The minimum absolute atomic E-state index is 0.275. The van der Waals surface area contributed by atoms with Crippen molar-refractivity contribution in [2.45, 2.75) is 20.4 Å². The maximum Gasteiger partial charge on any atom is 0.271 e. The fourth-order valence-corrected chi connectivity index (χ4v) is 2.94. The number of aromatic nitrogens is 2. The second-order valence-corrected chi connectivity index (χ2v) is 5.93. The highest BCUT2D eigenvalue weighted by molar-refractivity contribution is 5.97. The molecule has 138 valence electrons. The van der Waals surface area contributed by atoms with E-state index >= 15 is 0 Å². The molecular weight excluding hydrogens is 340 g/mol. The predicted molar refractivity (Wildman–Crippen MR) is 108 cm³/mol. The zero-order chi connectivity index (χ0) is 19.2. The number of rotatable bonds is 6. The van der Waals surface area contributed by atoms with Crippen LogP contribution in [0.15, 0.2) is 53.6 Å². The van der Waals surface area contributed by atoms with Crippen molar-refractivity contribution >= 4 is 29.2 Å². The Labute approximate surface area is 158 Å². The molecule has 1 aromatic heterocycles. The first-order valence-corrected chi connectivity index (χ1v) is 8.74. The summed E-state index contributed by atoms with van der Waals surface area (Å²) in [4.78, 5) is 16.8. The van der Waals surface area contributed by atoms with E-state index in [0.29, 0.717) is 5.56 Å². The van der Waals surface area contributed by atoms with Gasteiger partial charge in [-0.05, 0) is 50.3 Å². The van der Waals surface area contributed by atoms with Gasteiger partial charge in [0.05, 0.1) is 18.1 Å². The zero-order valence-corrected chi connectivity index (χ0v) is 15.6. The lowest BCUT2D eigenvalue weighted by Gasteiger charge is -2.03. The van der Waals surface area contributed by atoms with Gasteiger partial charge in [-0.1, -0.05) is 18.2 Å². The smallest absolute Gasteiger partial charge is 0.271 e. The largest absolute Gasteiger partial charge is 0.496 e. The summed E-state index contributed by atoms with van der Waals surface area (Å²) in [6.07, 6.45) is 5.13. The van der Waals surface area contributed by atoms with Gasteiger partial charge in [-0.2, -0.15) is 5.10 Å². The van der Waals surface area contributed by atoms with Crippen LogP contribution in [0, 0.1) is 6.92 Å². The first-order chi connectivity index (χ1) is 13.1. The van der Waals surface area contributed by atoms with Gasteiger partial charge in [-0.3, -0.25) is 4.79 Å². The van der Waals surface area contributed by atoms with Crippen LogP contribution in [0.3, 0.4) is 0 Å². The fourth-order valence-electron chi connectivity index (χ4n) is 2.94. The Morgan fingerprint density at radius 1 is 1.30 bits per heavy atom. The molecule has 0 unspecified atom stereocenters. The Balaban J connectivity index is 1.66. The van der Waals surface area contributed by atoms with Crippen LogP contribution in [-0.2, 0) is 6.54 Å². The first kappa shape index (κ1) is 18.4. The minimum atomic E-state index is -0.275. The van der Waals surface area contributed by atoms with Crippen LogP contribution >= 0.6 is 0 Å². The highest BCUT2D eigenvalue weighted by Crippen LogP contribution is 2.19. The monoisotopic (exact) mass is 362 g/mol. The normalized spacial score (nSPS) is 11.5. The molecule has 0 saturated heterocycles. The molecule has 27 heavy (non-hydrogen) atoms. The van der Waals surface area contributed by atoms with E-state index in [9.17, 15) is 4.79 Å². The number of carbonyl (C=O) groups excluding carboxylic acids is 1. The van der Waals surface area contributed by atoms with Crippen molar-refractivity contribution in [3.63, 3.8) is 0 Å². The number of methoxy groups -OCH3 is 1. The number of benzene rings is 2. The SMILES string of the molecule is CCn1c(C)nc2cc(C(=O)NN=CC=Cc3ccccc3OC)ccc21. The Morgan fingerprint density at radius 3 is 2.89 bits per heavy atom. The lowest BCUT2D eigenvalue weighted by molar-refractivity contribution is 0.0955. The molecule has 1 amide bonds. The fraction of sp³-hybridized carbons (Fsp3) is 0.190. The van der Waals surface area contributed by atoms with E-state index in [-0.39, 0.29) is 5.91 Å². The van der Waals surface area contributed by atoms with Crippen molar-refractivity contribution < 1.29 is 9.53 Å². The lowest BCUT2D eigenvalue weighted by Crippen LogP contribution is -2.17. The minimum Gasteiger partial charge on any atom is -0.496 e. The van der Waals surface area contributed by atoms with E-state index in [1.807, 2.05) is 43.3 Å². The van der Waals surface area contributed by atoms with Gasteiger partial charge in [0.25, 0.3) is 5.91 Å². The van der Waals surface area contributed by atoms with E-state index in [4.69, 9.17) is 4.74 Å². The number of fused-ring (bicyclic) bond motifs is 1. The van der Waals surface area contributed by atoms with Crippen molar-refractivity contribution in [2.75, 3.05) is 7.11 Å². The number of para-hydroxylation sites is 1. The van der Waals surface area contributed by atoms with E-state index in [0.717, 1.165) is 34.7 Å². The molecule has 2 aromatic carbocycles. The number of hydrogen-bond acceptors (Lipinski definition) is 4. The summed E-state index contributed by atoms with van der Waals surface area (Å²) in [6, 6.07) is 13.1. The van der Waals surface area contributed by atoms with Crippen molar-refractivity contribution in [1.82, 2.24) is 15.0 Å². The predicted octanol–water partition coefficient (Wildman–Crippen LogP) is 3.80. The van der Waals surface area contributed by atoms with Gasteiger partial charge < -0.3 is 9.30 Å². The summed E-state index contributed by atoms with van der Waals surface area (Å²) in [5.41, 5.74) is 5.82. The number of nitrogens with one attached hydrogen (secondary N) is 1. The number of aryl methyl sites for hydroxylation is 2. The standard InChI is InChI=1S/C21H22N4O2/c1-4-25-15(2)23-18-14-17(11-12-19(18)25)21(26)24-22-13-7-9-16-8-5-6-10-20(16)27-3/h5-14H,4H2,1-3H3,(H,24,26). The van der Waals surface area contributed by atoms with Crippen LogP contribution < -0.4 is 10.2 Å². The third-order valence-electron chi connectivity index (χ3n) is 4.26. The molecule has 1 heterocycles. The maximum atomic E-state index is 12.3. The van der Waals surface area contributed by atoms with Crippen molar-refractivity contribution in [3.05, 3.63) is 65.5 Å². The third-order valence-corrected chi connectivity index (χ3v) is 4.26. The van der Waals surface area contributed by atoms with E-state index in [1.165, 1.54) is 6.21 Å². The van der Waals surface area contributed by atoms with E-state index in [1.54, 1.807) is 25.3 Å². The second kappa shape index (κ2) is 8.31. The lowest BCUT2D eigenvalue weighted by atomic mass is 10.2. The Bertz CT molecular complexity index is 1020. The molecule has 0 aliphatic heterocycles. The number of amides is 1. The van der Waals surface area contributed by atoms with Gasteiger partial charge in [-0.25, -0.2) is 10.4 Å². The van der Waals surface area contributed by atoms with Crippen molar-refractivity contribution in [2.24, 2.45) is 5.10 Å². The third kappa shape index (κ3) is 4.06. The molecule has 0 fully saturated rings. The summed E-state index contributed by atoms with van der Waals surface area (Å²) in [7, 11) is 1.63. The molecule has 0 aliphatic carbocycles. The van der Waals surface area contributed by atoms with Gasteiger partial charge in [0.2, 0.25) is 0 Å². The molecular formula is C21H22N4O2. The number of carbonyl (C=O) groups is 1. The summed E-state index contributed by atoms with van der Waals surface area (Å²) >= 11 is 0. The maximum absolute atomic E-state index is 12.3. The molecule has 0 aliphatic rings. The number of hydrogen-bond donors (Lipinski definition) is 1. The summed E-state index contributed by atoms with van der Waals surface area (Å²) in [5, 5.41) is 3.96. The molecule has 3 aromatic rings. The molecule has 6 nitrogen and oxygen atoms in total. The van der Waals surface area contributed by atoms with Gasteiger partial charge in [0, 0.05) is 23.9 Å². The molecule has 0 saturated carbocycles. The van der Waals surface area contributed by atoms with Gasteiger partial charge in [0.1, 0.15) is 11.6 Å². The van der Waals surface area contributed by atoms with Crippen LogP contribution in [-0.4, -0.2) is 28.8 Å². The van der Waals surface area contributed by atoms with Gasteiger partial charge in [-0.15, -0.1) is 0 Å². The van der Waals surface area contributed by atoms with Crippen LogP contribution in [0.2, 0.25) is 0 Å². The average Bonchev–Trinajstić information content (AvgIpc) is 3.01. The highest BCUT2D eigenvalue weighted by Gasteiger charge is 2.10. The molecule has 1 N–H and O–H groups in total. The van der Waals surface area contributed by atoms with Crippen LogP contribution in [0.4, 0.5) is 0 Å². The molecule has 3 rings (SSSR count). The van der Waals surface area contributed by atoms with Gasteiger partial charge >= 0.3 is 0 Å². The van der Waals surface area contributed by atoms with Crippen molar-refractivity contribution in [3.8, 4) is 5.75 Å². The highest BCUT2D eigenvalue weighted by atomic mass is 16.5. The Morgan fingerprint density at radius 2 is 2.11 bits per heavy atom. The second-order valence-electron chi connectivity index (χ2n) is 5.93. The number of ether oxygens (including phenoxy) is 1. The zero-order valence-electron chi connectivity index (χ0n) is 15.6. The number of allylic oxidation sites excluding steroid dienone is 1. The summed E-state index contributed by atoms with van der Waals surface area (Å²) < 4.78 is 7.39. The molecule has 6 heteroatoms.